The number of methoxy groups -OCH3 is 1. The number of allylic oxidation sites excluding steroid dienone is 2. The predicted octanol–water partition coefficient (Wildman–Crippen LogP) is 2.23. The molecule has 2 aliphatic rings. The van der Waals surface area contributed by atoms with Crippen LogP contribution in [0.5, 0.6) is 0 Å². The van der Waals surface area contributed by atoms with Gasteiger partial charge in [-0.2, -0.15) is 0 Å². The number of ether oxygens (including phenoxy) is 1. The van der Waals surface area contributed by atoms with Gasteiger partial charge in [0.15, 0.2) is 0 Å². The van der Waals surface area contributed by atoms with E-state index in [0.717, 1.165) is 25.6 Å². The first kappa shape index (κ1) is 10.9. The molecule has 0 saturated carbocycles. The second kappa shape index (κ2) is 4.95. The second-order valence-corrected chi connectivity index (χ2v) is 4.65. The minimum atomic E-state index is 0.745. The third-order valence-electron chi connectivity index (χ3n) is 3.34. The van der Waals surface area contributed by atoms with E-state index in [1.807, 2.05) is 0 Å². The molecule has 0 aromatic carbocycles. The third kappa shape index (κ3) is 2.70. The van der Waals surface area contributed by atoms with Crippen molar-refractivity contribution in [3.05, 3.63) is 23.3 Å². The summed E-state index contributed by atoms with van der Waals surface area (Å²) < 4.78 is 5.12. The zero-order valence-corrected chi connectivity index (χ0v) is 9.83. The van der Waals surface area contributed by atoms with Gasteiger partial charge in [-0.25, -0.2) is 0 Å². The van der Waals surface area contributed by atoms with E-state index in [2.05, 4.69) is 24.0 Å². The zero-order valence-electron chi connectivity index (χ0n) is 9.83. The van der Waals surface area contributed by atoms with Crippen molar-refractivity contribution in [1.29, 1.82) is 0 Å². The van der Waals surface area contributed by atoms with Crippen molar-refractivity contribution in [2.45, 2.75) is 19.8 Å². The summed E-state index contributed by atoms with van der Waals surface area (Å²) in [6, 6.07) is 0. The van der Waals surface area contributed by atoms with Crippen LogP contribution in [0.1, 0.15) is 19.8 Å². The van der Waals surface area contributed by atoms with E-state index in [1.54, 1.807) is 18.3 Å². The number of hydrogen-bond donors (Lipinski definition) is 0. The van der Waals surface area contributed by atoms with Crippen LogP contribution in [-0.4, -0.2) is 38.3 Å². The van der Waals surface area contributed by atoms with E-state index in [-0.39, 0.29) is 0 Å². The quantitative estimate of drug-likeness (QED) is 0.703. The summed E-state index contributed by atoms with van der Waals surface area (Å²) in [6.07, 6.45) is 7.33. The van der Waals surface area contributed by atoms with Crippen LogP contribution in [0.25, 0.3) is 0 Å². The average molecular weight is 207 g/mol. The minimum absolute atomic E-state index is 0.745. The van der Waals surface area contributed by atoms with Crippen molar-refractivity contribution < 1.29 is 4.74 Å². The molecule has 15 heavy (non-hydrogen) atoms. The molecule has 1 heterocycles. The number of likely N-dealkylation sites (tertiary alicyclic amines) is 1. The van der Waals surface area contributed by atoms with Gasteiger partial charge in [0.25, 0.3) is 0 Å². The molecule has 0 unspecified atom stereocenters. The van der Waals surface area contributed by atoms with E-state index in [0.29, 0.717) is 0 Å². The van der Waals surface area contributed by atoms with Gasteiger partial charge < -0.3 is 4.74 Å². The molecule has 2 nitrogen and oxygen atoms in total. The molecule has 84 valence electrons. The Kier molecular flexibility index (Phi) is 3.60. The van der Waals surface area contributed by atoms with Crippen LogP contribution in [0.3, 0.4) is 0 Å². The van der Waals surface area contributed by atoms with Crippen molar-refractivity contribution in [3.8, 4) is 0 Å². The van der Waals surface area contributed by atoms with E-state index < -0.39 is 0 Å². The SMILES string of the molecule is COCCN1CCC2=C[C@H](C)CC=C2C1. The normalized spacial score (nSPS) is 26.9. The Morgan fingerprint density at radius 2 is 2.33 bits per heavy atom. The maximum absolute atomic E-state index is 5.12. The fourth-order valence-corrected chi connectivity index (χ4v) is 2.40. The van der Waals surface area contributed by atoms with Crippen LogP contribution in [0, 0.1) is 5.92 Å². The molecule has 1 aliphatic heterocycles. The number of rotatable bonds is 3. The van der Waals surface area contributed by atoms with E-state index >= 15 is 0 Å². The lowest BCUT2D eigenvalue weighted by Crippen LogP contribution is -2.35. The molecule has 0 aromatic heterocycles. The molecule has 0 spiro atoms. The maximum atomic E-state index is 5.12. The number of nitrogens with zero attached hydrogens (tertiary/aromatic N) is 1. The Morgan fingerprint density at radius 3 is 3.13 bits per heavy atom. The monoisotopic (exact) mass is 207 g/mol. The van der Waals surface area contributed by atoms with Gasteiger partial charge in [0.1, 0.15) is 0 Å². The highest BCUT2D eigenvalue weighted by Crippen LogP contribution is 2.29. The summed E-state index contributed by atoms with van der Waals surface area (Å²) in [5.41, 5.74) is 3.16. The summed E-state index contributed by atoms with van der Waals surface area (Å²) in [5, 5.41) is 0. The molecule has 0 amide bonds. The van der Waals surface area contributed by atoms with Gasteiger partial charge in [0.05, 0.1) is 6.61 Å². The molecule has 0 radical (unpaired) electrons. The lowest BCUT2D eigenvalue weighted by Gasteiger charge is -2.32. The lowest BCUT2D eigenvalue weighted by atomic mass is 9.87. The first-order chi connectivity index (χ1) is 7.29. The summed E-state index contributed by atoms with van der Waals surface area (Å²) in [6.45, 7) is 6.54. The van der Waals surface area contributed by atoms with Gasteiger partial charge in [-0.1, -0.05) is 19.1 Å². The molecule has 1 aliphatic carbocycles. The Morgan fingerprint density at radius 1 is 1.47 bits per heavy atom. The van der Waals surface area contributed by atoms with E-state index in [9.17, 15) is 0 Å². The molecule has 1 fully saturated rings. The summed E-state index contributed by atoms with van der Waals surface area (Å²) in [7, 11) is 1.77. The Balaban J connectivity index is 1.93. The van der Waals surface area contributed by atoms with Crippen molar-refractivity contribution in [2.75, 3.05) is 33.4 Å². The zero-order chi connectivity index (χ0) is 10.7. The van der Waals surface area contributed by atoms with Gasteiger partial charge in [0, 0.05) is 26.7 Å². The van der Waals surface area contributed by atoms with Gasteiger partial charge in [0.2, 0.25) is 0 Å². The topological polar surface area (TPSA) is 12.5 Å². The van der Waals surface area contributed by atoms with Crippen LogP contribution < -0.4 is 0 Å². The minimum Gasteiger partial charge on any atom is -0.383 e. The molecule has 2 rings (SSSR count). The molecule has 2 heteroatoms. The standard InChI is InChI=1S/C13H21NO/c1-11-3-4-13-10-14(7-8-15-2)6-5-12(13)9-11/h4,9,11H,3,5-8,10H2,1-2H3/t11-/m1/s1. The van der Waals surface area contributed by atoms with Gasteiger partial charge in [-0.15, -0.1) is 0 Å². The fraction of sp³-hybridized carbons (Fsp3) is 0.692. The van der Waals surface area contributed by atoms with Crippen molar-refractivity contribution in [1.82, 2.24) is 4.90 Å². The largest absolute Gasteiger partial charge is 0.383 e. The van der Waals surface area contributed by atoms with E-state index in [4.69, 9.17) is 4.74 Å². The molecule has 0 bridgehead atoms. The van der Waals surface area contributed by atoms with Gasteiger partial charge in [-0.05, 0) is 29.9 Å². The van der Waals surface area contributed by atoms with E-state index in [1.165, 1.54) is 19.4 Å². The lowest BCUT2D eigenvalue weighted by molar-refractivity contribution is 0.150. The fourth-order valence-electron chi connectivity index (χ4n) is 2.40. The van der Waals surface area contributed by atoms with Crippen molar-refractivity contribution >= 4 is 0 Å². The van der Waals surface area contributed by atoms with Crippen LogP contribution in [-0.2, 0) is 4.74 Å². The van der Waals surface area contributed by atoms with Crippen LogP contribution in [0.4, 0.5) is 0 Å². The highest BCUT2D eigenvalue weighted by Gasteiger charge is 2.20. The van der Waals surface area contributed by atoms with Crippen LogP contribution in [0.15, 0.2) is 23.3 Å². The predicted molar refractivity (Wildman–Crippen MR) is 62.9 cm³/mol. The molecule has 1 saturated heterocycles. The highest BCUT2D eigenvalue weighted by molar-refractivity contribution is 5.37. The Bertz CT molecular complexity index is 280. The first-order valence-corrected chi connectivity index (χ1v) is 5.91. The smallest absolute Gasteiger partial charge is 0.0589 e. The third-order valence-corrected chi connectivity index (χ3v) is 3.34. The average Bonchev–Trinajstić information content (AvgIpc) is 2.26. The molecule has 0 N–H and O–H groups in total. The molecular formula is C13H21NO. The van der Waals surface area contributed by atoms with Gasteiger partial charge in [-0.3, -0.25) is 4.90 Å². The Hall–Kier alpha value is -0.600. The summed E-state index contributed by atoms with van der Waals surface area (Å²) in [5.74, 6) is 0.745. The molecule has 0 aromatic rings. The highest BCUT2D eigenvalue weighted by atomic mass is 16.5. The molecule has 1 atom stereocenters. The van der Waals surface area contributed by atoms with Gasteiger partial charge >= 0.3 is 0 Å². The number of fused-ring (bicyclic) bond motifs is 1. The number of hydrogen-bond acceptors (Lipinski definition) is 2. The summed E-state index contributed by atoms with van der Waals surface area (Å²) in [4.78, 5) is 2.49. The number of piperidine rings is 1. The maximum Gasteiger partial charge on any atom is 0.0589 e. The van der Waals surface area contributed by atoms with Crippen LogP contribution >= 0.6 is 0 Å². The summed E-state index contributed by atoms with van der Waals surface area (Å²) >= 11 is 0. The molecular weight excluding hydrogens is 186 g/mol. The van der Waals surface area contributed by atoms with Crippen molar-refractivity contribution in [2.24, 2.45) is 5.92 Å². The second-order valence-electron chi connectivity index (χ2n) is 4.65. The van der Waals surface area contributed by atoms with Crippen LogP contribution in [0.2, 0.25) is 0 Å². The first-order valence-electron chi connectivity index (χ1n) is 5.91. The Labute approximate surface area is 92.6 Å². The van der Waals surface area contributed by atoms with Crippen molar-refractivity contribution in [3.63, 3.8) is 0 Å².